The van der Waals surface area contributed by atoms with E-state index in [0.29, 0.717) is 16.3 Å². The Morgan fingerprint density at radius 1 is 1.42 bits per heavy atom. The summed E-state index contributed by atoms with van der Waals surface area (Å²) in [5, 5.41) is 1.53. The van der Waals surface area contributed by atoms with Crippen LogP contribution in [0.2, 0.25) is 0 Å². The molecular weight excluding hydrogens is 323 g/mol. The Labute approximate surface area is 119 Å². The van der Waals surface area contributed by atoms with Crippen LogP contribution in [0.3, 0.4) is 0 Å². The molecule has 0 saturated carbocycles. The maximum Gasteiger partial charge on any atom is 0.402 e. The Morgan fingerprint density at radius 3 is 2.47 bits per heavy atom. The molecule has 0 N–H and O–H groups in total. The highest BCUT2D eigenvalue weighted by Crippen LogP contribution is 2.27. The Balaban J connectivity index is 3.05. The van der Waals surface area contributed by atoms with E-state index in [-0.39, 0.29) is 16.6 Å². The van der Waals surface area contributed by atoms with Crippen LogP contribution >= 0.6 is 22.9 Å². The van der Waals surface area contributed by atoms with E-state index in [1.807, 2.05) is 0 Å². The van der Waals surface area contributed by atoms with E-state index in [1.54, 1.807) is 6.92 Å². The number of nitrogens with zero attached hydrogens (tertiary/aromatic N) is 1. The fraction of sp³-hybridized carbons (Fsp3) is 0.600. The van der Waals surface area contributed by atoms with Gasteiger partial charge < -0.3 is 0 Å². The highest BCUT2D eigenvalue weighted by molar-refractivity contribution is 7.91. The van der Waals surface area contributed by atoms with Gasteiger partial charge in [0.1, 0.15) is 10.8 Å². The molecule has 19 heavy (non-hydrogen) atoms. The first-order chi connectivity index (χ1) is 8.70. The van der Waals surface area contributed by atoms with Gasteiger partial charge in [-0.25, -0.2) is 8.42 Å². The molecule has 9 heteroatoms. The summed E-state index contributed by atoms with van der Waals surface area (Å²) in [6, 6.07) is 1.31. The molecule has 0 aliphatic rings. The van der Waals surface area contributed by atoms with Crippen LogP contribution in [0.25, 0.3) is 0 Å². The minimum Gasteiger partial charge on any atom is -0.206 e. The average molecular weight is 336 g/mol. The first kappa shape index (κ1) is 16.7. The van der Waals surface area contributed by atoms with E-state index in [1.165, 1.54) is 11.4 Å². The summed E-state index contributed by atoms with van der Waals surface area (Å²) in [6.07, 6.45) is -4.25. The first-order valence-electron chi connectivity index (χ1n) is 5.41. The zero-order valence-electron chi connectivity index (χ0n) is 10.1. The van der Waals surface area contributed by atoms with Gasteiger partial charge in [0.05, 0.1) is 0 Å². The summed E-state index contributed by atoms with van der Waals surface area (Å²) >= 11 is 6.44. The number of rotatable bonds is 6. The average Bonchev–Trinajstić information content (AvgIpc) is 2.75. The number of halogens is 4. The number of hydrogen-bond donors (Lipinski definition) is 0. The van der Waals surface area contributed by atoms with E-state index in [4.69, 9.17) is 11.6 Å². The molecule has 0 fully saturated rings. The summed E-state index contributed by atoms with van der Waals surface area (Å²) in [7, 11) is -4.11. The van der Waals surface area contributed by atoms with Gasteiger partial charge in [0.25, 0.3) is 10.0 Å². The SMILES string of the molecule is CCCN(CC(F)(F)F)S(=O)(=O)c1cc(CCl)cs1. The minimum atomic E-state index is -4.56. The van der Waals surface area contributed by atoms with E-state index < -0.39 is 22.7 Å². The van der Waals surface area contributed by atoms with Crippen molar-refractivity contribution in [2.45, 2.75) is 29.6 Å². The molecule has 0 radical (unpaired) electrons. The van der Waals surface area contributed by atoms with E-state index in [2.05, 4.69) is 0 Å². The van der Waals surface area contributed by atoms with Crippen molar-refractivity contribution in [3.05, 3.63) is 17.0 Å². The molecule has 0 atom stereocenters. The first-order valence-corrected chi connectivity index (χ1v) is 8.26. The second-order valence-electron chi connectivity index (χ2n) is 3.86. The van der Waals surface area contributed by atoms with Crippen LogP contribution in [0.15, 0.2) is 15.7 Å². The van der Waals surface area contributed by atoms with Crippen LogP contribution in [-0.2, 0) is 15.9 Å². The molecular formula is C10H13ClF3NO2S2. The topological polar surface area (TPSA) is 37.4 Å². The molecule has 0 amide bonds. The third-order valence-electron chi connectivity index (χ3n) is 2.21. The maximum absolute atomic E-state index is 12.4. The molecule has 3 nitrogen and oxygen atoms in total. The third kappa shape index (κ3) is 4.62. The van der Waals surface area contributed by atoms with E-state index >= 15 is 0 Å². The molecule has 1 rings (SSSR count). The predicted molar refractivity (Wildman–Crippen MR) is 69.0 cm³/mol. The molecule has 1 heterocycles. The second kappa shape index (κ2) is 6.43. The highest BCUT2D eigenvalue weighted by atomic mass is 35.5. The Bertz CT molecular complexity index is 513. The lowest BCUT2D eigenvalue weighted by Gasteiger charge is -2.21. The lowest BCUT2D eigenvalue weighted by Crippen LogP contribution is -2.39. The summed E-state index contributed by atoms with van der Waals surface area (Å²) in [4.78, 5) is 0. The Kier molecular flexibility index (Phi) is 5.66. The van der Waals surface area contributed by atoms with Gasteiger partial charge in [0.2, 0.25) is 0 Å². The van der Waals surface area contributed by atoms with Gasteiger partial charge in [-0.05, 0) is 23.4 Å². The summed E-state index contributed by atoms with van der Waals surface area (Å²) < 4.78 is 61.9. The van der Waals surface area contributed by atoms with Gasteiger partial charge >= 0.3 is 6.18 Å². The Morgan fingerprint density at radius 2 is 2.05 bits per heavy atom. The summed E-state index contributed by atoms with van der Waals surface area (Å²) in [5.74, 6) is 0.124. The van der Waals surface area contributed by atoms with Crippen LogP contribution in [0.5, 0.6) is 0 Å². The van der Waals surface area contributed by atoms with Gasteiger partial charge in [-0.2, -0.15) is 17.5 Å². The van der Waals surface area contributed by atoms with Gasteiger partial charge in [0, 0.05) is 12.4 Å². The van der Waals surface area contributed by atoms with Gasteiger partial charge in [-0.15, -0.1) is 22.9 Å². The smallest absolute Gasteiger partial charge is 0.206 e. The van der Waals surface area contributed by atoms with Crippen molar-refractivity contribution in [2.75, 3.05) is 13.1 Å². The van der Waals surface area contributed by atoms with Gasteiger partial charge in [-0.3, -0.25) is 0 Å². The number of sulfonamides is 1. The fourth-order valence-electron chi connectivity index (χ4n) is 1.42. The molecule has 0 spiro atoms. The monoisotopic (exact) mass is 335 g/mol. The van der Waals surface area contributed by atoms with Crippen molar-refractivity contribution < 1.29 is 21.6 Å². The van der Waals surface area contributed by atoms with Crippen LogP contribution in [0.1, 0.15) is 18.9 Å². The molecule has 0 aromatic carbocycles. The molecule has 110 valence electrons. The van der Waals surface area contributed by atoms with E-state index in [0.717, 1.165) is 11.3 Å². The van der Waals surface area contributed by atoms with Crippen LogP contribution in [0.4, 0.5) is 13.2 Å². The number of alkyl halides is 4. The molecule has 0 saturated heterocycles. The van der Waals surface area contributed by atoms with Gasteiger partial charge in [0.15, 0.2) is 0 Å². The molecule has 0 aliphatic heterocycles. The van der Waals surface area contributed by atoms with Gasteiger partial charge in [-0.1, -0.05) is 6.92 Å². The fourth-order valence-corrected chi connectivity index (χ4v) is 4.54. The van der Waals surface area contributed by atoms with Crippen molar-refractivity contribution in [3.63, 3.8) is 0 Å². The zero-order chi connectivity index (χ0) is 14.7. The Hall–Kier alpha value is -0.310. The standard InChI is InChI=1S/C10H13ClF3NO2S2/c1-2-3-15(7-10(12,13)14)19(16,17)9-4-8(5-11)6-18-9/h4,6H,2-3,5,7H2,1H3. The lowest BCUT2D eigenvalue weighted by atomic mass is 10.4. The molecule has 0 unspecified atom stereocenters. The van der Waals surface area contributed by atoms with Crippen molar-refractivity contribution in [1.29, 1.82) is 0 Å². The number of hydrogen-bond acceptors (Lipinski definition) is 3. The van der Waals surface area contributed by atoms with Crippen molar-refractivity contribution in [3.8, 4) is 0 Å². The van der Waals surface area contributed by atoms with Crippen molar-refractivity contribution in [1.82, 2.24) is 4.31 Å². The quantitative estimate of drug-likeness (QED) is 0.747. The van der Waals surface area contributed by atoms with Crippen LogP contribution in [-0.4, -0.2) is 32.0 Å². The summed E-state index contributed by atoms with van der Waals surface area (Å²) in [5.41, 5.74) is 0.577. The summed E-state index contributed by atoms with van der Waals surface area (Å²) in [6.45, 7) is -0.0231. The van der Waals surface area contributed by atoms with Crippen LogP contribution in [0, 0.1) is 0 Å². The van der Waals surface area contributed by atoms with Crippen molar-refractivity contribution >= 4 is 33.0 Å². The lowest BCUT2D eigenvalue weighted by molar-refractivity contribution is -0.136. The zero-order valence-corrected chi connectivity index (χ0v) is 12.5. The molecule has 1 aromatic rings. The second-order valence-corrected chi connectivity index (χ2v) is 7.20. The minimum absolute atomic E-state index is 0.110. The maximum atomic E-state index is 12.4. The van der Waals surface area contributed by atoms with Crippen molar-refractivity contribution in [2.24, 2.45) is 0 Å². The third-order valence-corrected chi connectivity index (χ3v) is 5.82. The van der Waals surface area contributed by atoms with E-state index in [9.17, 15) is 21.6 Å². The number of thiophene rings is 1. The molecule has 0 aliphatic carbocycles. The van der Waals surface area contributed by atoms with Crippen LogP contribution < -0.4 is 0 Å². The predicted octanol–water partition coefficient (Wildman–Crippen LogP) is 3.45. The normalized spacial score (nSPS) is 13.2. The largest absolute Gasteiger partial charge is 0.402 e. The highest BCUT2D eigenvalue weighted by Gasteiger charge is 2.37. The molecule has 1 aromatic heterocycles. The molecule has 0 bridgehead atoms.